The third-order valence-corrected chi connectivity index (χ3v) is 1.75. The zero-order valence-corrected chi connectivity index (χ0v) is 8.89. The second kappa shape index (κ2) is 6.46. The number of hydrogen-bond donors (Lipinski definition) is 0. The molecule has 0 atom stereocenters. The number of hydrogen-bond acceptors (Lipinski definition) is 2. The van der Waals surface area contributed by atoms with E-state index in [9.17, 15) is 4.79 Å². The Kier molecular flexibility index (Phi) is 5.94. The maximum absolute atomic E-state index is 10.9. The monoisotopic (exact) mass is 182 g/mol. The first-order valence-corrected chi connectivity index (χ1v) is 4.54. The van der Waals surface area contributed by atoms with Gasteiger partial charge in [-0.05, 0) is 27.7 Å². The highest BCUT2D eigenvalue weighted by Crippen LogP contribution is 2.03. The zero-order valence-electron chi connectivity index (χ0n) is 8.89. The summed E-state index contributed by atoms with van der Waals surface area (Å²) in [6.07, 6.45) is 4.14. The van der Waals surface area contributed by atoms with Crippen molar-refractivity contribution in [1.29, 1.82) is 0 Å². The molecular formula is C11H18O2. The second-order valence-corrected chi connectivity index (χ2v) is 3.09. The van der Waals surface area contributed by atoms with Crippen LogP contribution in [0.3, 0.4) is 0 Å². The van der Waals surface area contributed by atoms with Crippen molar-refractivity contribution >= 4 is 5.97 Å². The van der Waals surface area contributed by atoms with Crippen LogP contribution in [0, 0.1) is 0 Å². The van der Waals surface area contributed by atoms with E-state index in [4.69, 9.17) is 4.74 Å². The normalized spacial score (nSPS) is 10.2. The molecule has 0 aromatic heterocycles. The van der Waals surface area contributed by atoms with Crippen molar-refractivity contribution in [3.8, 4) is 0 Å². The van der Waals surface area contributed by atoms with Gasteiger partial charge in [-0.15, -0.1) is 0 Å². The maximum atomic E-state index is 10.9. The van der Waals surface area contributed by atoms with Crippen LogP contribution in [0.5, 0.6) is 0 Å². The van der Waals surface area contributed by atoms with Crippen molar-refractivity contribution in [2.24, 2.45) is 0 Å². The van der Waals surface area contributed by atoms with Crippen molar-refractivity contribution < 1.29 is 9.53 Å². The van der Waals surface area contributed by atoms with Crippen molar-refractivity contribution in [3.63, 3.8) is 0 Å². The smallest absolute Gasteiger partial charge is 0.309 e. The first kappa shape index (κ1) is 11.9. The number of carbonyl (C=O) groups excluding carboxylic acids is 1. The lowest BCUT2D eigenvalue weighted by Gasteiger charge is -1.97. The molecule has 0 aliphatic carbocycles. The van der Waals surface area contributed by atoms with Gasteiger partial charge in [-0.1, -0.05) is 23.3 Å². The van der Waals surface area contributed by atoms with Gasteiger partial charge in [0.15, 0.2) is 0 Å². The van der Waals surface area contributed by atoms with Gasteiger partial charge in [-0.3, -0.25) is 4.79 Å². The summed E-state index contributed by atoms with van der Waals surface area (Å²) >= 11 is 0. The van der Waals surface area contributed by atoms with Gasteiger partial charge in [-0.25, -0.2) is 0 Å². The van der Waals surface area contributed by atoms with Crippen LogP contribution in [0.1, 0.15) is 34.1 Å². The van der Waals surface area contributed by atoms with E-state index in [-0.39, 0.29) is 5.97 Å². The molecule has 0 unspecified atom stereocenters. The summed E-state index contributed by atoms with van der Waals surface area (Å²) in [5, 5.41) is 0. The molecule has 13 heavy (non-hydrogen) atoms. The molecule has 0 fully saturated rings. The summed E-state index contributed by atoms with van der Waals surface area (Å²) in [4.78, 5) is 10.9. The summed E-state index contributed by atoms with van der Waals surface area (Å²) in [5.74, 6) is -0.166. The van der Waals surface area contributed by atoms with E-state index >= 15 is 0 Å². The van der Waals surface area contributed by atoms with Crippen LogP contribution >= 0.6 is 0 Å². The molecule has 0 N–H and O–H groups in total. The van der Waals surface area contributed by atoms with Gasteiger partial charge in [0.25, 0.3) is 0 Å². The third kappa shape index (κ3) is 6.14. The standard InChI is InChI=1S/C11H18O2/c1-5-13-11(12)8-6-7-10(4)9(2)3/h6-7H,5,8H2,1-4H3. The first-order chi connectivity index (χ1) is 6.07. The van der Waals surface area contributed by atoms with Crippen LogP contribution in [0.25, 0.3) is 0 Å². The molecule has 0 radical (unpaired) electrons. The van der Waals surface area contributed by atoms with Gasteiger partial charge in [0, 0.05) is 0 Å². The van der Waals surface area contributed by atoms with Crippen molar-refractivity contribution in [2.75, 3.05) is 6.61 Å². The predicted octanol–water partition coefficient (Wildman–Crippen LogP) is 2.85. The molecule has 0 aliphatic heterocycles. The molecule has 0 aromatic rings. The fourth-order valence-electron chi connectivity index (χ4n) is 0.719. The maximum Gasteiger partial charge on any atom is 0.309 e. The first-order valence-electron chi connectivity index (χ1n) is 4.54. The molecule has 0 aromatic carbocycles. The fraction of sp³-hybridized carbons (Fsp3) is 0.545. The molecule has 0 amide bonds. The summed E-state index contributed by atoms with van der Waals surface area (Å²) in [6.45, 7) is 8.38. The van der Waals surface area contributed by atoms with Crippen LogP contribution in [0.4, 0.5) is 0 Å². The summed E-state index contributed by atoms with van der Waals surface area (Å²) < 4.78 is 4.78. The van der Waals surface area contributed by atoms with E-state index < -0.39 is 0 Å². The van der Waals surface area contributed by atoms with Crippen molar-refractivity contribution in [2.45, 2.75) is 34.1 Å². The third-order valence-electron chi connectivity index (χ3n) is 1.75. The Morgan fingerprint density at radius 1 is 1.31 bits per heavy atom. The Labute approximate surface area is 80.3 Å². The lowest BCUT2D eigenvalue weighted by Crippen LogP contribution is -2.01. The Morgan fingerprint density at radius 3 is 2.38 bits per heavy atom. The lowest BCUT2D eigenvalue weighted by atomic mass is 10.1. The highest BCUT2D eigenvalue weighted by atomic mass is 16.5. The average molecular weight is 182 g/mol. The van der Waals surface area contributed by atoms with Crippen molar-refractivity contribution in [1.82, 2.24) is 0 Å². The molecular weight excluding hydrogens is 164 g/mol. The van der Waals surface area contributed by atoms with E-state index in [2.05, 4.69) is 0 Å². The molecule has 0 saturated heterocycles. The topological polar surface area (TPSA) is 26.3 Å². The van der Waals surface area contributed by atoms with Crippen LogP contribution in [0.2, 0.25) is 0 Å². The predicted molar refractivity (Wildman–Crippen MR) is 54.4 cm³/mol. The zero-order chi connectivity index (χ0) is 10.3. The van der Waals surface area contributed by atoms with Gasteiger partial charge >= 0.3 is 5.97 Å². The minimum Gasteiger partial charge on any atom is -0.466 e. The molecule has 2 heteroatoms. The van der Waals surface area contributed by atoms with Crippen LogP contribution in [0.15, 0.2) is 23.3 Å². The molecule has 2 nitrogen and oxygen atoms in total. The molecule has 0 bridgehead atoms. The van der Waals surface area contributed by atoms with Crippen LogP contribution < -0.4 is 0 Å². The van der Waals surface area contributed by atoms with E-state index in [1.165, 1.54) is 11.1 Å². The van der Waals surface area contributed by atoms with E-state index in [0.29, 0.717) is 13.0 Å². The quantitative estimate of drug-likeness (QED) is 0.493. The number of rotatable bonds is 4. The minimum absolute atomic E-state index is 0.166. The fourth-order valence-corrected chi connectivity index (χ4v) is 0.719. The molecule has 0 saturated carbocycles. The van der Waals surface area contributed by atoms with E-state index in [1.54, 1.807) is 0 Å². The van der Waals surface area contributed by atoms with Gasteiger partial charge in [-0.2, -0.15) is 0 Å². The van der Waals surface area contributed by atoms with Crippen LogP contribution in [-0.2, 0) is 9.53 Å². The summed E-state index contributed by atoms with van der Waals surface area (Å²) in [6, 6.07) is 0. The highest BCUT2D eigenvalue weighted by molar-refractivity contribution is 5.71. The number of carbonyl (C=O) groups is 1. The highest BCUT2D eigenvalue weighted by Gasteiger charge is 1.95. The average Bonchev–Trinajstić information content (AvgIpc) is 2.04. The van der Waals surface area contributed by atoms with Gasteiger partial charge in [0.1, 0.15) is 0 Å². The number of esters is 1. The summed E-state index contributed by atoms with van der Waals surface area (Å²) in [7, 11) is 0. The lowest BCUT2D eigenvalue weighted by molar-refractivity contribution is -0.142. The second-order valence-electron chi connectivity index (χ2n) is 3.09. The van der Waals surface area contributed by atoms with Gasteiger partial charge < -0.3 is 4.74 Å². The molecule has 74 valence electrons. The SMILES string of the molecule is CCOC(=O)CC=CC(C)=C(C)C. The molecule has 0 spiro atoms. The number of allylic oxidation sites excluding steroid dienone is 3. The Balaban J connectivity index is 3.89. The van der Waals surface area contributed by atoms with Gasteiger partial charge in [0.2, 0.25) is 0 Å². The Morgan fingerprint density at radius 2 is 1.92 bits per heavy atom. The van der Waals surface area contributed by atoms with Crippen molar-refractivity contribution in [3.05, 3.63) is 23.3 Å². The molecule has 0 rings (SSSR count). The largest absolute Gasteiger partial charge is 0.466 e. The van der Waals surface area contributed by atoms with Crippen LogP contribution in [-0.4, -0.2) is 12.6 Å². The Hall–Kier alpha value is -1.05. The molecule has 0 aliphatic rings. The summed E-state index contributed by atoms with van der Waals surface area (Å²) in [5.41, 5.74) is 2.46. The van der Waals surface area contributed by atoms with E-state index in [0.717, 1.165) is 0 Å². The Bertz CT molecular complexity index is 220. The number of ether oxygens (including phenoxy) is 1. The molecule has 0 heterocycles. The van der Waals surface area contributed by atoms with Gasteiger partial charge in [0.05, 0.1) is 13.0 Å². The van der Waals surface area contributed by atoms with E-state index in [1.807, 2.05) is 39.8 Å². The minimum atomic E-state index is -0.166.